The number of aliphatic carboxylic acids is 1. The Labute approximate surface area is 195 Å². The minimum Gasteiger partial charge on any atom is -0.508 e. The van der Waals surface area contributed by atoms with Gasteiger partial charge in [0.2, 0.25) is 0 Å². The lowest BCUT2D eigenvalue weighted by atomic mass is 9.69. The van der Waals surface area contributed by atoms with Gasteiger partial charge in [0.25, 0.3) is 5.79 Å². The van der Waals surface area contributed by atoms with Crippen LogP contribution in [0.2, 0.25) is 0 Å². The Balaban J connectivity index is 1.77. The molecule has 0 amide bonds. The molecular weight excluding hydrogens is 420 g/mol. The number of carbonyl (C=O) groups is 1. The first-order valence-corrected chi connectivity index (χ1v) is 11.3. The average Bonchev–Trinajstić information content (AvgIpc) is 2.63. The lowest BCUT2D eigenvalue weighted by Gasteiger charge is -2.51. The van der Waals surface area contributed by atoms with Crippen LogP contribution < -0.4 is 14.2 Å². The van der Waals surface area contributed by atoms with E-state index < -0.39 is 17.4 Å². The van der Waals surface area contributed by atoms with Crippen molar-refractivity contribution in [2.75, 3.05) is 0 Å². The summed E-state index contributed by atoms with van der Waals surface area (Å²) in [5, 5.41) is 19.7. The van der Waals surface area contributed by atoms with Crippen molar-refractivity contribution in [3.05, 3.63) is 46.5 Å². The number of carboxylic acid groups (broad SMARTS) is 1. The molecule has 2 aromatic rings. The van der Waals surface area contributed by atoms with Crippen molar-refractivity contribution in [1.29, 1.82) is 0 Å². The number of phenols is 1. The summed E-state index contributed by atoms with van der Waals surface area (Å²) in [4.78, 5) is 11.6. The van der Waals surface area contributed by atoms with Crippen molar-refractivity contribution < 1.29 is 29.2 Å². The van der Waals surface area contributed by atoms with Crippen molar-refractivity contribution in [2.45, 2.75) is 90.4 Å². The number of hydrogen-bond donors (Lipinski definition) is 2. The number of aromatic hydroxyl groups is 1. The molecule has 33 heavy (non-hydrogen) atoms. The summed E-state index contributed by atoms with van der Waals surface area (Å²) in [5.74, 6) is 0.386. The van der Waals surface area contributed by atoms with Crippen LogP contribution in [0.3, 0.4) is 0 Å². The monoisotopic (exact) mass is 454 g/mol. The number of benzene rings is 2. The minimum atomic E-state index is -1.34. The first-order chi connectivity index (χ1) is 15.1. The molecule has 6 nitrogen and oxygen atoms in total. The van der Waals surface area contributed by atoms with Crippen LogP contribution in [0.4, 0.5) is 0 Å². The molecule has 2 heterocycles. The Hall–Kier alpha value is -2.89. The fourth-order valence-electron chi connectivity index (χ4n) is 5.15. The van der Waals surface area contributed by atoms with Crippen molar-refractivity contribution in [3.63, 3.8) is 0 Å². The van der Waals surface area contributed by atoms with Gasteiger partial charge in [-0.25, -0.2) is 4.79 Å². The quantitative estimate of drug-likeness (QED) is 0.613. The highest BCUT2D eigenvalue weighted by atomic mass is 16.7. The van der Waals surface area contributed by atoms with Crippen LogP contribution in [-0.2, 0) is 15.6 Å². The molecule has 2 aromatic carbocycles. The van der Waals surface area contributed by atoms with E-state index in [9.17, 15) is 15.0 Å². The summed E-state index contributed by atoms with van der Waals surface area (Å²) in [5.41, 5.74) is 1.57. The predicted octanol–water partition coefficient (Wildman–Crippen LogP) is 5.77. The van der Waals surface area contributed by atoms with Crippen molar-refractivity contribution in [2.24, 2.45) is 0 Å². The van der Waals surface area contributed by atoms with E-state index in [1.54, 1.807) is 19.9 Å². The van der Waals surface area contributed by atoms with Gasteiger partial charge < -0.3 is 24.4 Å². The summed E-state index contributed by atoms with van der Waals surface area (Å²) in [7, 11) is 0. The number of fused-ring (bicyclic) bond motifs is 2. The molecule has 0 aromatic heterocycles. The highest BCUT2D eigenvalue weighted by molar-refractivity contribution is 5.77. The summed E-state index contributed by atoms with van der Waals surface area (Å²) < 4.78 is 19.1. The number of ether oxygens (including phenoxy) is 3. The summed E-state index contributed by atoms with van der Waals surface area (Å²) in [6, 6.07) is 7.51. The van der Waals surface area contributed by atoms with Gasteiger partial charge in [-0.15, -0.1) is 0 Å². The molecule has 0 unspecified atom stereocenters. The van der Waals surface area contributed by atoms with E-state index in [2.05, 4.69) is 27.7 Å². The molecule has 6 heteroatoms. The first kappa shape index (κ1) is 23.3. The van der Waals surface area contributed by atoms with Crippen LogP contribution in [0.5, 0.6) is 23.0 Å². The first-order valence-electron chi connectivity index (χ1n) is 11.3. The molecular formula is C27H34O6. The molecule has 2 aliphatic rings. The van der Waals surface area contributed by atoms with Crippen LogP contribution in [0.25, 0.3) is 0 Å². The van der Waals surface area contributed by atoms with E-state index in [4.69, 9.17) is 14.2 Å². The number of phenolic OH excluding ortho intramolecular Hbond substituents is 1. The fourth-order valence-corrected chi connectivity index (χ4v) is 5.15. The fraction of sp³-hybridized carbons (Fsp3) is 0.519. The maximum Gasteiger partial charge on any atom is 0.347 e. The van der Waals surface area contributed by atoms with Gasteiger partial charge in [0, 0.05) is 34.8 Å². The molecule has 0 fully saturated rings. The average molecular weight is 455 g/mol. The van der Waals surface area contributed by atoms with E-state index in [1.165, 1.54) is 0 Å². The highest BCUT2D eigenvalue weighted by Gasteiger charge is 2.53. The molecule has 0 bridgehead atoms. The third-order valence-electron chi connectivity index (χ3n) is 6.93. The molecule has 0 saturated heterocycles. The maximum absolute atomic E-state index is 11.6. The van der Waals surface area contributed by atoms with E-state index >= 15 is 0 Å². The Morgan fingerprint density at radius 1 is 0.909 bits per heavy atom. The smallest absolute Gasteiger partial charge is 0.347 e. The summed E-state index contributed by atoms with van der Waals surface area (Å²) >= 11 is 0. The molecule has 1 spiro atoms. The largest absolute Gasteiger partial charge is 0.508 e. The van der Waals surface area contributed by atoms with Gasteiger partial charge in [-0.2, -0.15) is 0 Å². The van der Waals surface area contributed by atoms with Crippen LogP contribution in [0, 0.1) is 13.8 Å². The van der Waals surface area contributed by atoms with Crippen LogP contribution in [-0.4, -0.2) is 27.6 Å². The lowest BCUT2D eigenvalue weighted by molar-refractivity contribution is -0.166. The topological polar surface area (TPSA) is 85.2 Å². The molecule has 178 valence electrons. The van der Waals surface area contributed by atoms with Gasteiger partial charge in [-0.1, -0.05) is 27.7 Å². The maximum atomic E-state index is 11.6. The zero-order valence-corrected chi connectivity index (χ0v) is 20.8. The lowest BCUT2D eigenvalue weighted by Crippen LogP contribution is -2.55. The number of rotatable bonds is 3. The van der Waals surface area contributed by atoms with Crippen LogP contribution in [0.1, 0.15) is 76.6 Å². The van der Waals surface area contributed by atoms with Gasteiger partial charge in [0.05, 0.1) is 0 Å². The predicted molar refractivity (Wildman–Crippen MR) is 126 cm³/mol. The highest BCUT2D eigenvalue weighted by Crippen LogP contribution is 2.55. The molecule has 2 aliphatic heterocycles. The SMILES string of the molecule is Cc1cc2c(cc1O)C(C)(C)C[C@@]1(CC(C)(C)c3cc(OC(C)(C)C(=O)O)c(C)cc3O1)O2. The Morgan fingerprint density at radius 2 is 1.39 bits per heavy atom. The zero-order chi connectivity index (χ0) is 24.6. The standard InChI is InChI=1S/C27H34O6/c1-15-9-21-17(11-19(15)28)24(3,4)13-27(32-21)14-25(5,6)18-12-20(16(2)10-22(18)33-27)31-26(7,8)23(29)30/h9-12,28H,13-14H2,1-8H3,(H,29,30)/t27-/m1/s1. The van der Waals surface area contributed by atoms with Crippen molar-refractivity contribution in [3.8, 4) is 23.0 Å². The molecule has 0 radical (unpaired) electrons. The van der Waals surface area contributed by atoms with Gasteiger partial charge in [-0.05, 0) is 63.1 Å². The molecule has 4 rings (SSSR count). The van der Waals surface area contributed by atoms with E-state index in [-0.39, 0.29) is 16.6 Å². The van der Waals surface area contributed by atoms with Crippen molar-refractivity contribution in [1.82, 2.24) is 0 Å². The second kappa shape index (κ2) is 7.05. The third-order valence-corrected chi connectivity index (χ3v) is 6.93. The number of aryl methyl sites for hydroxylation is 2. The van der Waals surface area contributed by atoms with Crippen LogP contribution >= 0.6 is 0 Å². The molecule has 0 saturated carbocycles. The number of hydrogen-bond acceptors (Lipinski definition) is 5. The number of carboxylic acids is 1. The van der Waals surface area contributed by atoms with E-state index in [0.29, 0.717) is 18.6 Å². The molecule has 0 aliphatic carbocycles. The summed E-state index contributed by atoms with van der Waals surface area (Å²) in [6.45, 7) is 15.4. The molecule has 1 atom stereocenters. The second-order valence-electron chi connectivity index (χ2n) is 11.4. The second-order valence-corrected chi connectivity index (χ2v) is 11.4. The Bertz CT molecular complexity index is 1140. The Kier molecular flexibility index (Phi) is 4.97. The molecule has 2 N–H and O–H groups in total. The van der Waals surface area contributed by atoms with Gasteiger partial charge >= 0.3 is 5.97 Å². The Morgan fingerprint density at radius 3 is 1.91 bits per heavy atom. The van der Waals surface area contributed by atoms with Gasteiger partial charge in [0.1, 0.15) is 23.0 Å². The minimum absolute atomic E-state index is 0.268. The normalized spacial score (nSPS) is 22.5. The van der Waals surface area contributed by atoms with Crippen molar-refractivity contribution >= 4 is 5.97 Å². The van der Waals surface area contributed by atoms with Gasteiger partial charge in [-0.3, -0.25) is 0 Å². The summed E-state index contributed by atoms with van der Waals surface area (Å²) in [6.07, 6.45) is 1.24. The van der Waals surface area contributed by atoms with Gasteiger partial charge in [0.15, 0.2) is 5.60 Å². The zero-order valence-electron chi connectivity index (χ0n) is 20.8. The van der Waals surface area contributed by atoms with E-state index in [0.717, 1.165) is 33.8 Å². The third kappa shape index (κ3) is 3.90. The van der Waals surface area contributed by atoms with Crippen LogP contribution in [0.15, 0.2) is 24.3 Å². The van der Waals surface area contributed by atoms with E-state index in [1.807, 2.05) is 32.0 Å².